The van der Waals surface area contributed by atoms with Crippen molar-refractivity contribution in [2.45, 2.75) is 6.17 Å². The maximum atomic E-state index is 10.6. The van der Waals surface area contributed by atoms with Crippen LogP contribution >= 0.6 is 0 Å². The van der Waals surface area contributed by atoms with Crippen molar-refractivity contribution in [3.05, 3.63) is 22.9 Å². The van der Waals surface area contributed by atoms with Gasteiger partial charge in [-0.1, -0.05) is 6.58 Å². The van der Waals surface area contributed by atoms with Gasteiger partial charge in [-0.25, -0.2) is 0 Å². The molecule has 0 saturated carbocycles. The molecule has 6 heteroatoms. The lowest BCUT2D eigenvalue weighted by atomic mass is 10.3. The number of nitro groups is 1. The van der Waals surface area contributed by atoms with Gasteiger partial charge in [-0.15, -0.1) is 0 Å². The minimum absolute atomic E-state index is 0.134. The molecule has 1 aliphatic heterocycles. The number of nitriles is 1. The standard InChI is InChI=1S/C7H10N4O2/c1-2-10-4-3-9(6-8)5-7(10)11(12)13/h2,7H,1,3-5H2. The fourth-order valence-electron chi connectivity index (χ4n) is 1.27. The summed E-state index contributed by atoms with van der Waals surface area (Å²) in [5, 5.41) is 19.1. The molecule has 1 unspecified atom stereocenters. The van der Waals surface area contributed by atoms with Gasteiger partial charge >= 0.3 is 6.17 Å². The van der Waals surface area contributed by atoms with Gasteiger partial charge in [0.2, 0.25) is 0 Å². The first-order valence-corrected chi connectivity index (χ1v) is 3.85. The average Bonchev–Trinajstić information content (AvgIpc) is 2.16. The van der Waals surface area contributed by atoms with Gasteiger partial charge in [0, 0.05) is 18.0 Å². The Hall–Kier alpha value is -1.77. The molecular formula is C7H10N4O2. The molecule has 1 saturated heterocycles. The van der Waals surface area contributed by atoms with Crippen LogP contribution in [0.1, 0.15) is 0 Å². The van der Waals surface area contributed by atoms with E-state index >= 15 is 0 Å². The minimum Gasteiger partial charge on any atom is -0.314 e. The third-order valence-electron chi connectivity index (χ3n) is 2.01. The van der Waals surface area contributed by atoms with E-state index in [1.165, 1.54) is 16.0 Å². The van der Waals surface area contributed by atoms with Gasteiger partial charge in [0.25, 0.3) is 0 Å². The lowest BCUT2D eigenvalue weighted by Crippen LogP contribution is -2.52. The Kier molecular flexibility index (Phi) is 2.69. The summed E-state index contributed by atoms with van der Waals surface area (Å²) in [5.41, 5.74) is 0. The molecule has 0 aliphatic carbocycles. The number of hydrogen-bond acceptors (Lipinski definition) is 5. The third kappa shape index (κ3) is 1.87. The Morgan fingerprint density at radius 1 is 1.69 bits per heavy atom. The van der Waals surface area contributed by atoms with E-state index in [9.17, 15) is 10.1 Å². The summed E-state index contributed by atoms with van der Waals surface area (Å²) in [5.74, 6) is 0. The van der Waals surface area contributed by atoms with Crippen molar-refractivity contribution in [3.8, 4) is 6.19 Å². The molecule has 1 atom stereocenters. The van der Waals surface area contributed by atoms with Crippen molar-refractivity contribution in [2.75, 3.05) is 19.6 Å². The fraction of sp³-hybridized carbons (Fsp3) is 0.571. The summed E-state index contributed by atoms with van der Waals surface area (Å²) in [7, 11) is 0. The van der Waals surface area contributed by atoms with Crippen LogP contribution in [-0.4, -0.2) is 40.5 Å². The molecule has 1 heterocycles. The van der Waals surface area contributed by atoms with Gasteiger partial charge in [0.15, 0.2) is 6.19 Å². The highest BCUT2D eigenvalue weighted by Crippen LogP contribution is 2.09. The summed E-state index contributed by atoms with van der Waals surface area (Å²) < 4.78 is 0. The van der Waals surface area contributed by atoms with Gasteiger partial charge < -0.3 is 4.90 Å². The summed E-state index contributed by atoms with van der Waals surface area (Å²) >= 11 is 0. The number of hydrogen-bond donors (Lipinski definition) is 0. The maximum Gasteiger partial charge on any atom is 0.304 e. The van der Waals surface area contributed by atoms with Crippen LogP contribution in [0, 0.1) is 21.6 Å². The van der Waals surface area contributed by atoms with E-state index < -0.39 is 11.1 Å². The van der Waals surface area contributed by atoms with Gasteiger partial charge in [0.05, 0.1) is 0 Å². The number of nitrogens with zero attached hydrogens (tertiary/aromatic N) is 4. The predicted octanol–water partition coefficient (Wildman–Crippen LogP) is -0.169. The summed E-state index contributed by atoms with van der Waals surface area (Å²) in [4.78, 5) is 13.1. The summed E-state index contributed by atoms with van der Waals surface area (Å²) in [6.45, 7) is 4.62. The molecule has 1 aliphatic rings. The van der Waals surface area contributed by atoms with E-state index in [1.807, 2.05) is 6.19 Å². The van der Waals surface area contributed by atoms with Crippen molar-refractivity contribution >= 4 is 0 Å². The van der Waals surface area contributed by atoms with E-state index in [0.29, 0.717) is 13.1 Å². The quantitative estimate of drug-likeness (QED) is 0.337. The zero-order chi connectivity index (χ0) is 9.84. The summed E-state index contributed by atoms with van der Waals surface area (Å²) in [6, 6.07) is 0. The normalized spacial score (nSPS) is 22.2. The molecule has 1 fully saturated rings. The molecule has 0 aromatic heterocycles. The SMILES string of the molecule is C=CN1CCN(C#N)CC1[N+](=O)[O-]. The van der Waals surface area contributed by atoms with Crippen LogP contribution in [-0.2, 0) is 0 Å². The lowest BCUT2D eigenvalue weighted by molar-refractivity contribution is -0.549. The van der Waals surface area contributed by atoms with Crippen LogP contribution in [0.2, 0.25) is 0 Å². The molecule has 13 heavy (non-hydrogen) atoms. The van der Waals surface area contributed by atoms with Gasteiger partial charge in [-0.3, -0.25) is 15.0 Å². The van der Waals surface area contributed by atoms with Gasteiger partial charge in [-0.2, -0.15) is 5.26 Å². The summed E-state index contributed by atoms with van der Waals surface area (Å²) in [6.07, 6.45) is 2.51. The smallest absolute Gasteiger partial charge is 0.304 e. The van der Waals surface area contributed by atoms with Crippen LogP contribution in [0.3, 0.4) is 0 Å². The zero-order valence-electron chi connectivity index (χ0n) is 7.09. The van der Waals surface area contributed by atoms with E-state index in [-0.39, 0.29) is 6.54 Å². The Bertz CT molecular complexity index is 260. The Balaban J connectivity index is 2.69. The Morgan fingerprint density at radius 2 is 2.38 bits per heavy atom. The molecule has 0 amide bonds. The zero-order valence-corrected chi connectivity index (χ0v) is 7.09. The fourth-order valence-corrected chi connectivity index (χ4v) is 1.27. The van der Waals surface area contributed by atoms with Crippen LogP contribution in [0.5, 0.6) is 0 Å². The minimum atomic E-state index is -0.842. The van der Waals surface area contributed by atoms with Crippen molar-refractivity contribution in [1.82, 2.24) is 9.80 Å². The average molecular weight is 182 g/mol. The predicted molar refractivity (Wildman–Crippen MR) is 44.9 cm³/mol. The highest BCUT2D eigenvalue weighted by atomic mass is 16.6. The molecule has 0 bridgehead atoms. The molecule has 0 radical (unpaired) electrons. The molecule has 1 rings (SSSR count). The van der Waals surface area contributed by atoms with Crippen molar-refractivity contribution in [3.63, 3.8) is 0 Å². The molecular weight excluding hydrogens is 172 g/mol. The van der Waals surface area contributed by atoms with Crippen LogP contribution in [0.25, 0.3) is 0 Å². The first-order chi connectivity index (χ1) is 6.19. The Morgan fingerprint density at radius 3 is 2.85 bits per heavy atom. The first kappa shape index (κ1) is 9.32. The molecule has 70 valence electrons. The van der Waals surface area contributed by atoms with Crippen molar-refractivity contribution in [1.29, 1.82) is 5.26 Å². The maximum absolute atomic E-state index is 10.6. The largest absolute Gasteiger partial charge is 0.314 e. The molecule has 0 spiro atoms. The second-order valence-corrected chi connectivity index (χ2v) is 2.73. The second kappa shape index (κ2) is 3.76. The number of piperazine rings is 1. The van der Waals surface area contributed by atoms with Crippen LogP contribution in [0.15, 0.2) is 12.8 Å². The van der Waals surface area contributed by atoms with E-state index in [2.05, 4.69) is 6.58 Å². The second-order valence-electron chi connectivity index (χ2n) is 2.73. The topological polar surface area (TPSA) is 73.4 Å². The highest BCUT2D eigenvalue weighted by molar-refractivity contribution is 4.87. The van der Waals surface area contributed by atoms with Crippen molar-refractivity contribution in [2.24, 2.45) is 0 Å². The molecule has 6 nitrogen and oxygen atoms in total. The number of rotatable bonds is 2. The molecule has 0 aromatic rings. The van der Waals surface area contributed by atoms with Crippen molar-refractivity contribution < 1.29 is 4.92 Å². The third-order valence-corrected chi connectivity index (χ3v) is 2.01. The van der Waals surface area contributed by atoms with E-state index in [1.54, 1.807) is 0 Å². The van der Waals surface area contributed by atoms with Gasteiger partial charge in [-0.05, 0) is 6.20 Å². The first-order valence-electron chi connectivity index (χ1n) is 3.85. The monoisotopic (exact) mass is 182 g/mol. The van der Waals surface area contributed by atoms with E-state index in [4.69, 9.17) is 5.26 Å². The molecule has 0 aromatic carbocycles. The van der Waals surface area contributed by atoms with Gasteiger partial charge in [0.1, 0.15) is 6.54 Å². The Labute approximate surface area is 75.8 Å². The molecule has 0 N–H and O–H groups in total. The highest BCUT2D eigenvalue weighted by Gasteiger charge is 2.32. The van der Waals surface area contributed by atoms with E-state index in [0.717, 1.165) is 0 Å². The lowest BCUT2D eigenvalue weighted by Gasteiger charge is -2.32. The van der Waals surface area contributed by atoms with Crippen LogP contribution in [0.4, 0.5) is 0 Å². The van der Waals surface area contributed by atoms with Crippen LogP contribution < -0.4 is 0 Å².